The van der Waals surface area contributed by atoms with Gasteiger partial charge in [-0.3, -0.25) is 4.79 Å². The number of carboxylic acid groups (broad SMARTS) is 1. The average Bonchev–Trinajstić information content (AvgIpc) is 2.70. The summed E-state index contributed by atoms with van der Waals surface area (Å²) in [5.74, 6) is -3.74. The van der Waals surface area contributed by atoms with Gasteiger partial charge in [0.15, 0.2) is 0 Å². The van der Waals surface area contributed by atoms with Gasteiger partial charge in [0.25, 0.3) is 5.91 Å². The smallest absolute Gasteiger partial charge is 0.352 e. The minimum atomic E-state index is -1.46. The number of aliphatic carboxylic acids is 1. The maximum absolute atomic E-state index is 13.7. The van der Waals surface area contributed by atoms with E-state index in [2.05, 4.69) is 15.9 Å². The molecule has 3 aromatic rings. The Morgan fingerprint density at radius 3 is 2.17 bits per heavy atom. The summed E-state index contributed by atoms with van der Waals surface area (Å²) in [7, 11) is 0. The molecule has 3 rings (SSSR count). The van der Waals surface area contributed by atoms with Crippen molar-refractivity contribution in [2.24, 2.45) is 0 Å². The summed E-state index contributed by atoms with van der Waals surface area (Å²) in [4.78, 5) is 23.6. The normalized spacial score (nSPS) is 11.1. The molecule has 0 saturated heterocycles. The number of para-hydroxylation sites is 1. The van der Waals surface area contributed by atoms with Crippen molar-refractivity contribution in [2.45, 2.75) is 0 Å². The molecule has 152 valence electrons. The Kier molecular flexibility index (Phi) is 6.58. The molecule has 0 aliphatic heterocycles. The van der Waals surface area contributed by atoms with E-state index < -0.39 is 34.8 Å². The van der Waals surface area contributed by atoms with Gasteiger partial charge in [-0.15, -0.1) is 0 Å². The third-order valence-electron chi connectivity index (χ3n) is 3.92. The Morgan fingerprint density at radius 2 is 1.57 bits per heavy atom. The SMILES string of the molecule is O=C(O)C(=Cc1ccc(Oc2ccccc2Br)cc1)NC(=O)c1c(F)cccc1F. The molecule has 0 bridgehead atoms. The van der Waals surface area contributed by atoms with Gasteiger partial charge in [-0.25, -0.2) is 13.6 Å². The number of ether oxygens (including phenoxy) is 1. The zero-order chi connectivity index (χ0) is 21.7. The lowest BCUT2D eigenvalue weighted by Gasteiger charge is -2.09. The van der Waals surface area contributed by atoms with Crippen LogP contribution in [0.3, 0.4) is 0 Å². The highest BCUT2D eigenvalue weighted by molar-refractivity contribution is 9.10. The van der Waals surface area contributed by atoms with E-state index in [-0.39, 0.29) is 0 Å². The number of amides is 1. The zero-order valence-corrected chi connectivity index (χ0v) is 16.8. The van der Waals surface area contributed by atoms with Crippen LogP contribution in [0.1, 0.15) is 15.9 Å². The van der Waals surface area contributed by atoms with Crippen LogP contribution >= 0.6 is 15.9 Å². The van der Waals surface area contributed by atoms with Crippen LogP contribution in [0.4, 0.5) is 8.78 Å². The average molecular weight is 474 g/mol. The van der Waals surface area contributed by atoms with Gasteiger partial charge in [0, 0.05) is 0 Å². The number of nitrogens with one attached hydrogen (secondary N) is 1. The fraction of sp³-hybridized carbons (Fsp3) is 0. The molecule has 0 spiro atoms. The molecule has 0 saturated carbocycles. The molecule has 0 aliphatic carbocycles. The van der Waals surface area contributed by atoms with Crippen LogP contribution in [-0.4, -0.2) is 17.0 Å². The number of hydrogen-bond donors (Lipinski definition) is 2. The van der Waals surface area contributed by atoms with Crippen LogP contribution in [0.5, 0.6) is 11.5 Å². The Morgan fingerprint density at radius 1 is 0.933 bits per heavy atom. The third-order valence-corrected chi connectivity index (χ3v) is 4.58. The van der Waals surface area contributed by atoms with Crippen LogP contribution in [0, 0.1) is 11.6 Å². The molecule has 0 aliphatic rings. The van der Waals surface area contributed by atoms with E-state index >= 15 is 0 Å². The van der Waals surface area contributed by atoms with E-state index in [4.69, 9.17) is 4.74 Å². The van der Waals surface area contributed by atoms with Crippen LogP contribution in [0.15, 0.2) is 76.9 Å². The minimum Gasteiger partial charge on any atom is -0.477 e. The fourth-order valence-electron chi connectivity index (χ4n) is 2.50. The van der Waals surface area contributed by atoms with E-state index in [0.717, 1.165) is 22.7 Å². The molecule has 8 heteroatoms. The first-order chi connectivity index (χ1) is 14.3. The van der Waals surface area contributed by atoms with Gasteiger partial charge in [-0.2, -0.15) is 0 Å². The Hall–Kier alpha value is -3.52. The largest absolute Gasteiger partial charge is 0.477 e. The summed E-state index contributed by atoms with van der Waals surface area (Å²) in [6.45, 7) is 0. The van der Waals surface area contributed by atoms with Crippen molar-refractivity contribution in [1.82, 2.24) is 5.32 Å². The molecular formula is C22H14BrF2NO4. The van der Waals surface area contributed by atoms with Crippen LogP contribution in [0.25, 0.3) is 6.08 Å². The second-order valence-corrected chi connectivity index (χ2v) is 6.87. The van der Waals surface area contributed by atoms with Gasteiger partial charge >= 0.3 is 5.97 Å². The highest BCUT2D eigenvalue weighted by Gasteiger charge is 2.20. The predicted molar refractivity (Wildman–Crippen MR) is 110 cm³/mol. The van der Waals surface area contributed by atoms with Crippen molar-refractivity contribution >= 4 is 33.9 Å². The molecule has 5 nitrogen and oxygen atoms in total. The molecule has 0 heterocycles. The van der Waals surface area contributed by atoms with E-state index in [0.29, 0.717) is 17.1 Å². The topological polar surface area (TPSA) is 75.6 Å². The lowest BCUT2D eigenvalue weighted by atomic mass is 10.1. The molecule has 3 aromatic carbocycles. The number of benzene rings is 3. The van der Waals surface area contributed by atoms with E-state index in [1.54, 1.807) is 30.3 Å². The molecule has 0 radical (unpaired) electrons. The van der Waals surface area contributed by atoms with Gasteiger partial charge in [0.1, 0.15) is 34.4 Å². The van der Waals surface area contributed by atoms with Crippen molar-refractivity contribution < 1.29 is 28.2 Å². The summed E-state index contributed by atoms with van der Waals surface area (Å²) >= 11 is 3.38. The third kappa shape index (κ3) is 5.09. The van der Waals surface area contributed by atoms with Crippen molar-refractivity contribution in [3.05, 3.63) is 99.7 Å². The number of carboxylic acids is 1. The zero-order valence-electron chi connectivity index (χ0n) is 15.2. The minimum absolute atomic E-state index is 0.432. The lowest BCUT2D eigenvalue weighted by molar-refractivity contribution is -0.132. The first-order valence-electron chi connectivity index (χ1n) is 8.58. The number of carbonyl (C=O) groups excluding carboxylic acids is 1. The van der Waals surface area contributed by atoms with Crippen LogP contribution in [0.2, 0.25) is 0 Å². The van der Waals surface area contributed by atoms with Crippen molar-refractivity contribution in [3.8, 4) is 11.5 Å². The molecule has 30 heavy (non-hydrogen) atoms. The molecule has 2 N–H and O–H groups in total. The maximum atomic E-state index is 13.7. The van der Waals surface area contributed by atoms with E-state index in [1.807, 2.05) is 23.5 Å². The highest BCUT2D eigenvalue weighted by atomic mass is 79.9. The number of carbonyl (C=O) groups is 2. The van der Waals surface area contributed by atoms with Crippen molar-refractivity contribution in [1.29, 1.82) is 0 Å². The van der Waals surface area contributed by atoms with E-state index in [1.165, 1.54) is 6.08 Å². The molecule has 0 aromatic heterocycles. The van der Waals surface area contributed by atoms with E-state index in [9.17, 15) is 23.5 Å². The van der Waals surface area contributed by atoms with Gasteiger partial charge in [0.2, 0.25) is 0 Å². The van der Waals surface area contributed by atoms with Gasteiger partial charge in [0.05, 0.1) is 4.47 Å². The maximum Gasteiger partial charge on any atom is 0.352 e. The van der Waals surface area contributed by atoms with Gasteiger partial charge in [-0.1, -0.05) is 30.3 Å². The Labute approximate surface area is 178 Å². The van der Waals surface area contributed by atoms with Crippen molar-refractivity contribution in [2.75, 3.05) is 0 Å². The highest BCUT2D eigenvalue weighted by Crippen LogP contribution is 2.29. The number of hydrogen-bond acceptors (Lipinski definition) is 3. The quantitative estimate of drug-likeness (QED) is 0.471. The molecule has 1 amide bonds. The van der Waals surface area contributed by atoms with Crippen LogP contribution in [-0.2, 0) is 4.79 Å². The first-order valence-corrected chi connectivity index (χ1v) is 9.37. The fourth-order valence-corrected chi connectivity index (χ4v) is 2.87. The van der Waals surface area contributed by atoms with Crippen molar-refractivity contribution in [3.63, 3.8) is 0 Å². The Balaban J connectivity index is 1.79. The summed E-state index contributed by atoms with van der Waals surface area (Å²) in [6, 6.07) is 16.6. The second kappa shape index (κ2) is 9.32. The Bertz CT molecular complexity index is 1110. The summed E-state index contributed by atoms with van der Waals surface area (Å²) in [5.41, 5.74) is -0.967. The van der Waals surface area contributed by atoms with Gasteiger partial charge in [-0.05, 0) is 64.0 Å². The second-order valence-electron chi connectivity index (χ2n) is 6.02. The molecule has 0 unspecified atom stereocenters. The van der Waals surface area contributed by atoms with Crippen LogP contribution < -0.4 is 10.1 Å². The summed E-state index contributed by atoms with van der Waals surface area (Å²) in [5, 5.41) is 11.4. The first kappa shape index (κ1) is 21.2. The van der Waals surface area contributed by atoms with Gasteiger partial charge < -0.3 is 15.2 Å². The standard InChI is InChI=1S/C22H14BrF2NO4/c23-15-4-1-2-7-19(15)30-14-10-8-13(9-11-14)12-18(22(28)29)26-21(27)20-16(24)5-3-6-17(20)25/h1-12H,(H,26,27)(H,28,29). The summed E-state index contributed by atoms with van der Waals surface area (Å²) in [6.07, 6.45) is 1.17. The monoisotopic (exact) mass is 473 g/mol. The molecule has 0 fully saturated rings. The predicted octanol–water partition coefficient (Wildman–Crippen LogP) is 5.38. The lowest BCUT2D eigenvalue weighted by Crippen LogP contribution is -2.28. The number of rotatable bonds is 6. The molecular weight excluding hydrogens is 460 g/mol. The summed E-state index contributed by atoms with van der Waals surface area (Å²) < 4.78 is 34.0. The number of halogens is 3. The molecule has 0 atom stereocenters.